The molecule has 0 amide bonds. The number of thiophene rings is 1. The summed E-state index contributed by atoms with van der Waals surface area (Å²) in [5, 5.41) is 1.48. The van der Waals surface area contributed by atoms with Crippen LogP contribution in [0.2, 0.25) is 0 Å². The standard InChI is InChI=1S/C20H27IN3OS/c1-2-16-17(3-1)26-20-18(16)19(22-13-23-20)21-15-6-4-14(5-7-15)12-24-8-10-25-11-9-24/h13-15H,1-12H2/q-1. The summed E-state index contributed by atoms with van der Waals surface area (Å²) in [6.45, 7) is 5.42. The van der Waals surface area contributed by atoms with Crippen molar-refractivity contribution in [1.82, 2.24) is 14.9 Å². The van der Waals surface area contributed by atoms with Crippen molar-refractivity contribution in [2.75, 3.05) is 32.8 Å². The second-order valence-corrected chi connectivity index (χ2v) is 12.3. The van der Waals surface area contributed by atoms with E-state index in [1.807, 2.05) is 17.7 Å². The Labute approximate surface area is 170 Å². The van der Waals surface area contributed by atoms with Crippen LogP contribution in [0.5, 0.6) is 0 Å². The van der Waals surface area contributed by atoms with Crippen molar-refractivity contribution in [1.29, 1.82) is 0 Å². The van der Waals surface area contributed by atoms with Crippen LogP contribution in [0, 0.1) is 9.62 Å². The molecule has 0 bridgehead atoms. The summed E-state index contributed by atoms with van der Waals surface area (Å²) in [5.74, 6) is 0.907. The number of rotatable bonds is 4. The molecule has 3 heterocycles. The molecule has 2 aliphatic carbocycles. The van der Waals surface area contributed by atoms with E-state index in [0.29, 0.717) is 0 Å². The molecule has 0 spiro atoms. The van der Waals surface area contributed by atoms with Gasteiger partial charge in [0.05, 0.1) is 0 Å². The average Bonchev–Trinajstić information content (AvgIpc) is 3.25. The summed E-state index contributed by atoms with van der Waals surface area (Å²) >= 11 is 1.94. The van der Waals surface area contributed by atoms with Gasteiger partial charge >= 0.3 is 170 Å². The van der Waals surface area contributed by atoms with Gasteiger partial charge in [-0.15, -0.1) is 0 Å². The third-order valence-corrected chi connectivity index (χ3v) is 10.8. The van der Waals surface area contributed by atoms with Crippen molar-refractivity contribution in [3.63, 3.8) is 0 Å². The molecule has 0 unspecified atom stereocenters. The number of morpholine rings is 1. The van der Waals surface area contributed by atoms with Gasteiger partial charge in [-0.05, 0) is 0 Å². The predicted molar refractivity (Wildman–Crippen MR) is 101 cm³/mol. The molecule has 26 heavy (non-hydrogen) atoms. The summed E-state index contributed by atoms with van der Waals surface area (Å²) in [6.07, 6.45) is 11.3. The van der Waals surface area contributed by atoms with Crippen LogP contribution < -0.4 is 21.2 Å². The number of halogens is 1. The molecule has 1 saturated carbocycles. The summed E-state index contributed by atoms with van der Waals surface area (Å²) in [7, 11) is 0. The Balaban J connectivity index is 1.22. The summed E-state index contributed by atoms with van der Waals surface area (Å²) in [5.41, 5.74) is 1.61. The monoisotopic (exact) mass is 484 g/mol. The van der Waals surface area contributed by atoms with Crippen molar-refractivity contribution in [3.05, 3.63) is 20.5 Å². The first kappa shape index (κ1) is 17.8. The number of aryl methyl sites for hydroxylation is 2. The van der Waals surface area contributed by atoms with Gasteiger partial charge in [-0.3, -0.25) is 0 Å². The van der Waals surface area contributed by atoms with E-state index in [2.05, 4.69) is 9.88 Å². The predicted octanol–water partition coefficient (Wildman–Crippen LogP) is 0.330. The number of ether oxygens (including phenoxy) is 1. The first-order valence-electron chi connectivity index (χ1n) is 10.1. The van der Waals surface area contributed by atoms with Gasteiger partial charge < -0.3 is 0 Å². The maximum atomic E-state index is 5.48. The molecule has 3 aliphatic rings. The van der Waals surface area contributed by atoms with E-state index in [-0.39, 0.29) is 21.2 Å². The van der Waals surface area contributed by atoms with Crippen LogP contribution in [0.25, 0.3) is 10.2 Å². The molecule has 5 rings (SSSR count). The first-order valence-corrected chi connectivity index (χ1v) is 13.2. The molecule has 1 saturated heterocycles. The van der Waals surface area contributed by atoms with Gasteiger partial charge in [0.2, 0.25) is 0 Å². The van der Waals surface area contributed by atoms with Gasteiger partial charge in [-0.25, -0.2) is 0 Å². The minimum absolute atomic E-state index is 0.00348. The van der Waals surface area contributed by atoms with Gasteiger partial charge in [0, 0.05) is 0 Å². The van der Waals surface area contributed by atoms with Crippen molar-refractivity contribution >= 4 is 21.6 Å². The Morgan fingerprint density at radius 3 is 2.81 bits per heavy atom. The van der Waals surface area contributed by atoms with Gasteiger partial charge in [0.1, 0.15) is 0 Å². The van der Waals surface area contributed by atoms with Gasteiger partial charge in [0.25, 0.3) is 0 Å². The van der Waals surface area contributed by atoms with Crippen LogP contribution in [0.4, 0.5) is 0 Å². The zero-order valence-electron chi connectivity index (χ0n) is 15.3. The molecule has 0 radical (unpaired) electrons. The Kier molecular flexibility index (Phi) is 5.45. The molecule has 4 nitrogen and oxygen atoms in total. The molecule has 6 heteroatoms. The number of nitrogens with zero attached hydrogens (tertiary/aromatic N) is 3. The Morgan fingerprint density at radius 1 is 1.12 bits per heavy atom. The summed E-state index contributed by atoms with van der Waals surface area (Å²) < 4.78 is 7.85. The van der Waals surface area contributed by atoms with Crippen LogP contribution in [0.15, 0.2) is 6.33 Å². The van der Waals surface area contributed by atoms with Gasteiger partial charge in [-0.1, -0.05) is 0 Å². The van der Waals surface area contributed by atoms with E-state index in [9.17, 15) is 0 Å². The Bertz CT molecular complexity index is 766. The molecule has 0 atom stereocenters. The van der Waals surface area contributed by atoms with E-state index >= 15 is 0 Å². The molecule has 2 aromatic heterocycles. The van der Waals surface area contributed by atoms with Crippen molar-refractivity contribution in [3.8, 4) is 0 Å². The van der Waals surface area contributed by atoms with E-state index in [4.69, 9.17) is 9.72 Å². The average molecular weight is 484 g/mol. The van der Waals surface area contributed by atoms with Crippen molar-refractivity contribution in [2.24, 2.45) is 5.92 Å². The Morgan fingerprint density at radius 2 is 1.96 bits per heavy atom. The zero-order chi connectivity index (χ0) is 17.3. The van der Waals surface area contributed by atoms with E-state index < -0.39 is 0 Å². The number of hydrogen-bond donors (Lipinski definition) is 0. The molecule has 2 fully saturated rings. The molecule has 1 aliphatic heterocycles. The number of fused-ring (bicyclic) bond motifs is 3. The minimum atomic E-state index is 0.00348. The van der Waals surface area contributed by atoms with Crippen LogP contribution in [-0.2, 0) is 17.6 Å². The normalized spacial score (nSPS) is 27.2. The van der Waals surface area contributed by atoms with Crippen LogP contribution in [0.1, 0.15) is 42.5 Å². The second-order valence-electron chi connectivity index (χ2n) is 7.84. The Hall–Kier alpha value is -0.310. The molecule has 0 N–H and O–H groups in total. The molecule has 2 aromatic rings. The summed E-state index contributed by atoms with van der Waals surface area (Å²) in [6, 6.07) is 0. The van der Waals surface area contributed by atoms with Crippen LogP contribution in [-0.4, -0.2) is 51.6 Å². The number of aromatic nitrogens is 2. The molecular weight excluding hydrogens is 457 g/mol. The van der Waals surface area contributed by atoms with Crippen molar-refractivity contribution in [2.45, 2.75) is 48.9 Å². The molecule has 142 valence electrons. The topological polar surface area (TPSA) is 38.2 Å². The fourth-order valence-corrected chi connectivity index (χ4v) is 9.45. The number of alkyl halides is 1. The quantitative estimate of drug-likeness (QED) is 0.356. The number of hydrogen-bond acceptors (Lipinski definition) is 5. The van der Waals surface area contributed by atoms with Crippen LogP contribution in [0.3, 0.4) is 0 Å². The SMILES string of the molecule is c1nc([I-]C2CCC(CN3CCOCC3)CC2)c2c3c(sc2n1)CCC3. The molecular formula is C20H27IN3OS-. The second kappa shape index (κ2) is 7.97. The van der Waals surface area contributed by atoms with Crippen LogP contribution >= 0.6 is 11.3 Å². The fraction of sp³-hybridized carbons (Fsp3) is 0.700. The van der Waals surface area contributed by atoms with E-state index in [0.717, 1.165) is 36.1 Å². The third kappa shape index (κ3) is 3.66. The summed E-state index contributed by atoms with van der Waals surface area (Å²) in [4.78, 5) is 14.8. The van der Waals surface area contributed by atoms with Crippen molar-refractivity contribution < 1.29 is 25.9 Å². The third-order valence-electron chi connectivity index (χ3n) is 6.11. The van der Waals surface area contributed by atoms with Gasteiger partial charge in [-0.2, -0.15) is 0 Å². The van der Waals surface area contributed by atoms with E-state index in [1.165, 1.54) is 65.4 Å². The van der Waals surface area contributed by atoms with Gasteiger partial charge in [0.15, 0.2) is 0 Å². The maximum absolute atomic E-state index is 5.48. The first-order chi connectivity index (χ1) is 12.9. The fourth-order valence-electron chi connectivity index (χ4n) is 4.68. The molecule has 0 aromatic carbocycles. The zero-order valence-corrected chi connectivity index (χ0v) is 18.2. The van der Waals surface area contributed by atoms with E-state index in [1.54, 1.807) is 10.4 Å².